The van der Waals surface area contributed by atoms with E-state index in [9.17, 15) is 0 Å². The number of nitrogens with zero attached hydrogens (tertiary/aromatic N) is 3. The van der Waals surface area contributed by atoms with Crippen molar-refractivity contribution in [1.82, 2.24) is 15.0 Å². The van der Waals surface area contributed by atoms with Gasteiger partial charge in [-0.2, -0.15) is 0 Å². The van der Waals surface area contributed by atoms with Crippen molar-refractivity contribution in [3.63, 3.8) is 0 Å². The Hall–Kier alpha value is -3.67. The van der Waals surface area contributed by atoms with Gasteiger partial charge >= 0.3 is 0 Å². The summed E-state index contributed by atoms with van der Waals surface area (Å²) in [6, 6.07) is 19.8. The lowest BCUT2D eigenvalue weighted by Crippen LogP contribution is -2.06. The largest absolute Gasteiger partial charge is 0.496 e. The molecule has 0 spiro atoms. The topological polar surface area (TPSA) is 72.0 Å². The number of pyridine rings is 1. The van der Waals surface area contributed by atoms with E-state index in [1.54, 1.807) is 13.3 Å². The first-order valence-electron chi connectivity index (χ1n) is 9.05. The Balaban J connectivity index is 1.57. The summed E-state index contributed by atoms with van der Waals surface area (Å²) in [5.74, 6) is 2.99. The second-order valence-electron chi connectivity index (χ2n) is 6.36. The van der Waals surface area contributed by atoms with Crippen molar-refractivity contribution in [2.75, 3.05) is 17.7 Å². The van der Waals surface area contributed by atoms with Crippen molar-refractivity contribution in [1.29, 1.82) is 0 Å². The molecule has 2 heterocycles. The molecule has 0 unspecified atom stereocenters. The Morgan fingerprint density at radius 2 is 1.75 bits per heavy atom. The Labute approximate surface area is 163 Å². The fraction of sp³-hybridized carbons (Fsp3) is 0.136. The molecule has 6 nitrogen and oxygen atoms in total. The molecule has 0 bridgehead atoms. The van der Waals surface area contributed by atoms with Crippen LogP contribution in [0.5, 0.6) is 5.75 Å². The highest BCUT2D eigenvalue weighted by Gasteiger charge is 2.07. The summed E-state index contributed by atoms with van der Waals surface area (Å²) < 4.78 is 5.41. The van der Waals surface area contributed by atoms with Gasteiger partial charge in [0.05, 0.1) is 18.3 Å². The van der Waals surface area contributed by atoms with Gasteiger partial charge in [-0.25, -0.2) is 9.97 Å². The number of nitrogens with one attached hydrogen (secondary N) is 2. The summed E-state index contributed by atoms with van der Waals surface area (Å²) in [5, 5.41) is 7.80. The van der Waals surface area contributed by atoms with Crippen LogP contribution < -0.4 is 15.4 Å². The number of anilines is 3. The zero-order valence-electron chi connectivity index (χ0n) is 15.8. The van der Waals surface area contributed by atoms with E-state index in [4.69, 9.17) is 4.74 Å². The molecule has 0 fully saturated rings. The van der Waals surface area contributed by atoms with E-state index >= 15 is 0 Å². The molecule has 0 radical (unpaired) electrons. The van der Waals surface area contributed by atoms with Crippen LogP contribution in [0.4, 0.5) is 17.3 Å². The molecule has 2 aromatic carbocycles. The highest BCUT2D eigenvalue weighted by atomic mass is 16.5. The summed E-state index contributed by atoms with van der Waals surface area (Å²) in [4.78, 5) is 13.5. The van der Waals surface area contributed by atoms with Crippen LogP contribution in [0.2, 0.25) is 0 Å². The number of benzene rings is 2. The normalized spacial score (nSPS) is 10.6. The van der Waals surface area contributed by atoms with Gasteiger partial charge in [0.1, 0.15) is 23.2 Å². The molecule has 2 N–H and O–H groups in total. The number of rotatable bonds is 6. The fourth-order valence-corrected chi connectivity index (χ4v) is 3.10. The lowest BCUT2D eigenvalue weighted by atomic mass is 10.2. The summed E-state index contributed by atoms with van der Waals surface area (Å²) in [5.41, 5.74) is 2.88. The number of hydrogen-bond acceptors (Lipinski definition) is 6. The first-order chi connectivity index (χ1) is 13.7. The van der Waals surface area contributed by atoms with E-state index in [1.807, 2.05) is 67.6 Å². The maximum atomic E-state index is 5.41. The van der Waals surface area contributed by atoms with Crippen LogP contribution in [0.1, 0.15) is 11.4 Å². The van der Waals surface area contributed by atoms with Crippen LogP contribution in [0.3, 0.4) is 0 Å². The van der Waals surface area contributed by atoms with Crippen LogP contribution in [0.15, 0.2) is 66.9 Å². The Kier molecular flexibility index (Phi) is 5.01. The number of para-hydroxylation sites is 2. The second kappa shape index (κ2) is 7.92. The molecular formula is C22H21N5O. The van der Waals surface area contributed by atoms with Gasteiger partial charge in [0, 0.05) is 29.8 Å². The summed E-state index contributed by atoms with van der Waals surface area (Å²) in [6.45, 7) is 2.48. The molecule has 4 aromatic rings. The molecule has 6 heteroatoms. The molecule has 140 valence electrons. The first kappa shape index (κ1) is 17.7. The highest BCUT2D eigenvalue weighted by Crippen LogP contribution is 2.25. The standard InChI is InChI=1S/C22H21N5O/c1-15-25-20(24-14-17-7-3-4-11-19(17)28-2)13-21(26-15)27-18-10-5-8-16-9-6-12-23-22(16)18/h3-13H,14H2,1-2H3,(H2,24,25,26,27). The van der Waals surface area contributed by atoms with Crippen LogP contribution in [0, 0.1) is 6.92 Å². The van der Waals surface area contributed by atoms with Gasteiger partial charge in [-0.1, -0.05) is 36.4 Å². The molecule has 4 rings (SSSR count). The van der Waals surface area contributed by atoms with Gasteiger partial charge in [-0.3, -0.25) is 4.98 Å². The molecule has 0 amide bonds. The number of aryl methyl sites for hydroxylation is 1. The number of fused-ring (bicyclic) bond motifs is 1. The highest BCUT2D eigenvalue weighted by molar-refractivity contribution is 5.91. The van der Waals surface area contributed by atoms with Gasteiger partial charge in [-0.15, -0.1) is 0 Å². The van der Waals surface area contributed by atoms with Crippen LogP contribution in [-0.2, 0) is 6.54 Å². The smallest absolute Gasteiger partial charge is 0.136 e. The van der Waals surface area contributed by atoms with E-state index in [1.165, 1.54) is 0 Å². The molecular weight excluding hydrogens is 350 g/mol. The van der Waals surface area contributed by atoms with Crippen molar-refractivity contribution in [2.45, 2.75) is 13.5 Å². The van der Waals surface area contributed by atoms with E-state index in [2.05, 4.69) is 25.6 Å². The average molecular weight is 371 g/mol. The summed E-state index contributed by atoms with van der Waals surface area (Å²) >= 11 is 0. The number of hydrogen-bond donors (Lipinski definition) is 2. The monoisotopic (exact) mass is 371 g/mol. The van der Waals surface area contributed by atoms with Crippen LogP contribution in [-0.4, -0.2) is 22.1 Å². The maximum absolute atomic E-state index is 5.41. The Morgan fingerprint density at radius 1 is 0.929 bits per heavy atom. The van der Waals surface area contributed by atoms with E-state index in [0.717, 1.165) is 33.7 Å². The molecule has 0 aliphatic heterocycles. The number of methoxy groups -OCH3 is 1. The Bertz CT molecular complexity index is 1110. The third kappa shape index (κ3) is 3.86. The molecule has 2 aromatic heterocycles. The molecule has 0 atom stereocenters. The van der Waals surface area contributed by atoms with Crippen molar-refractivity contribution >= 4 is 28.2 Å². The van der Waals surface area contributed by atoms with Crippen molar-refractivity contribution in [3.05, 3.63) is 78.2 Å². The first-order valence-corrected chi connectivity index (χ1v) is 9.05. The van der Waals surface area contributed by atoms with Crippen LogP contribution in [0.25, 0.3) is 10.9 Å². The predicted octanol–water partition coefficient (Wildman–Crippen LogP) is 4.70. The van der Waals surface area contributed by atoms with Gasteiger partial charge in [-0.05, 0) is 25.1 Å². The minimum atomic E-state index is 0.607. The summed E-state index contributed by atoms with van der Waals surface area (Å²) in [6.07, 6.45) is 1.79. The van der Waals surface area contributed by atoms with Crippen molar-refractivity contribution < 1.29 is 4.74 Å². The molecule has 28 heavy (non-hydrogen) atoms. The zero-order valence-corrected chi connectivity index (χ0v) is 15.8. The fourth-order valence-electron chi connectivity index (χ4n) is 3.10. The Morgan fingerprint density at radius 3 is 2.64 bits per heavy atom. The van der Waals surface area contributed by atoms with Gasteiger partial charge in [0.25, 0.3) is 0 Å². The number of ether oxygens (including phenoxy) is 1. The van der Waals surface area contributed by atoms with E-state index in [0.29, 0.717) is 18.2 Å². The quantitative estimate of drug-likeness (QED) is 0.512. The SMILES string of the molecule is COc1ccccc1CNc1cc(Nc2cccc3cccnc23)nc(C)n1. The zero-order chi connectivity index (χ0) is 19.3. The lowest BCUT2D eigenvalue weighted by molar-refractivity contribution is 0.410. The third-order valence-electron chi connectivity index (χ3n) is 4.39. The lowest BCUT2D eigenvalue weighted by Gasteiger charge is -2.13. The van der Waals surface area contributed by atoms with E-state index in [-0.39, 0.29) is 0 Å². The van der Waals surface area contributed by atoms with Crippen molar-refractivity contribution in [3.8, 4) is 5.75 Å². The van der Waals surface area contributed by atoms with Gasteiger partial charge in [0.2, 0.25) is 0 Å². The second-order valence-corrected chi connectivity index (χ2v) is 6.36. The van der Waals surface area contributed by atoms with Crippen molar-refractivity contribution in [2.24, 2.45) is 0 Å². The minimum Gasteiger partial charge on any atom is -0.496 e. The molecule has 0 aliphatic rings. The minimum absolute atomic E-state index is 0.607. The summed E-state index contributed by atoms with van der Waals surface area (Å²) in [7, 11) is 1.67. The van der Waals surface area contributed by atoms with E-state index < -0.39 is 0 Å². The number of aromatic nitrogens is 3. The maximum Gasteiger partial charge on any atom is 0.136 e. The average Bonchev–Trinajstić information content (AvgIpc) is 2.72. The molecule has 0 aliphatic carbocycles. The van der Waals surface area contributed by atoms with Gasteiger partial charge < -0.3 is 15.4 Å². The predicted molar refractivity (Wildman–Crippen MR) is 112 cm³/mol. The van der Waals surface area contributed by atoms with Gasteiger partial charge in [0.15, 0.2) is 0 Å². The van der Waals surface area contributed by atoms with Crippen LogP contribution >= 0.6 is 0 Å². The molecule has 0 saturated carbocycles. The molecule has 0 saturated heterocycles. The third-order valence-corrected chi connectivity index (χ3v) is 4.39.